The van der Waals surface area contributed by atoms with Gasteiger partial charge in [-0.1, -0.05) is 35.5 Å². The van der Waals surface area contributed by atoms with Crippen LogP contribution in [0.25, 0.3) is 6.08 Å². The van der Waals surface area contributed by atoms with Crippen LogP contribution in [0.15, 0.2) is 42.6 Å². The minimum Gasteiger partial charge on any atom is -0.377 e. The highest BCUT2D eigenvalue weighted by Gasteiger charge is 2.21. The van der Waals surface area contributed by atoms with Crippen LogP contribution < -0.4 is 0 Å². The molecular weight excluding hydrogens is 292 g/mol. The molecule has 0 radical (unpaired) electrons. The van der Waals surface area contributed by atoms with Crippen molar-refractivity contribution in [3.05, 3.63) is 53.9 Å². The number of hydrogen-bond acceptors (Lipinski definition) is 4. The minimum absolute atomic E-state index is 0.0154. The van der Waals surface area contributed by atoms with Crippen LogP contribution >= 0.6 is 0 Å². The molecular formula is C17H20N4O2. The molecule has 0 aliphatic carbocycles. The maximum Gasteiger partial charge on any atom is 0.247 e. The third-order valence-corrected chi connectivity index (χ3v) is 3.79. The second kappa shape index (κ2) is 7.19. The van der Waals surface area contributed by atoms with Crippen molar-refractivity contribution in [3.63, 3.8) is 0 Å². The first kappa shape index (κ1) is 15.4. The second-order valence-electron chi connectivity index (χ2n) is 5.62. The molecule has 0 saturated carbocycles. The lowest BCUT2D eigenvalue weighted by molar-refractivity contribution is -0.133. The fourth-order valence-corrected chi connectivity index (χ4v) is 2.54. The number of aromatic nitrogens is 3. The molecule has 1 atom stereocenters. The Morgan fingerprint density at radius 3 is 3.00 bits per heavy atom. The monoisotopic (exact) mass is 312 g/mol. The molecule has 1 aliphatic rings. The van der Waals surface area contributed by atoms with E-state index < -0.39 is 0 Å². The number of amides is 1. The summed E-state index contributed by atoms with van der Waals surface area (Å²) in [5, 5.41) is 8.17. The lowest BCUT2D eigenvalue weighted by Crippen LogP contribution is -2.46. The molecule has 3 rings (SSSR count). The molecule has 0 spiro atoms. The summed E-state index contributed by atoms with van der Waals surface area (Å²) in [5.74, 6) is -0.0154. The van der Waals surface area contributed by atoms with E-state index in [9.17, 15) is 4.79 Å². The van der Waals surface area contributed by atoms with Crippen LogP contribution in [-0.2, 0) is 16.1 Å². The number of morpholine rings is 1. The van der Waals surface area contributed by atoms with Gasteiger partial charge in [0.1, 0.15) is 5.69 Å². The fraction of sp³-hybridized carbons (Fsp3) is 0.353. The number of nitrogens with zero attached hydrogens (tertiary/aromatic N) is 4. The summed E-state index contributed by atoms with van der Waals surface area (Å²) in [4.78, 5) is 14.0. The van der Waals surface area contributed by atoms with Crippen LogP contribution in [0.2, 0.25) is 0 Å². The topological polar surface area (TPSA) is 60.2 Å². The Hall–Kier alpha value is -2.47. The van der Waals surface area contributed by atoms with Crippen molar-refractivity contribution in [3.8, 4) is 0 Å². The molecule has 23 heavy (non-hydrogen) atoms. The first-order valence-corrected chi connectivity index (χ1v) is 7.73. The van der Waals surface area contributed by atoms with E-state index in [1.165, 1.54) is 0 Å². The largest absolute Gasteiger partial charge is 0.377 e. The lowest BCUT2D eigenvalue weighted by Gasteiger charge is -2.32. The van der Waals surface area contributed by atoms with Gasteiger partial charge >= 0.3 is 0 Å². The van der Waals surface area contributed by atoms with Gasteiger partial charge in [0, 0.05) is 12.6 Å². The highest BCUT2D eigenvalue weighted by atomic mass is 16.5. The van der Waals surface area contributed by atoms with E-state index >= 15 is 0 Å². The summed E-state index contributed by atoms with van der Waals surface area (Å²) in [6, 6.07) is 10.2. The van der Waals surface area contributed by atoms with E-state index in [1.54, 1.807) is 16.8 Å². The van der Waals surface area contributed by atoms with Gasteiger partial charge in [0.15, 0.2) is 0 Å². The second-order valence-corrected chi connectivity index (χ2v) is 5.62. The predicted octanol–water partition coefficient (Wildman–Crippen LogP) is 1.59. The third-order valence-electron chi connectivity index (χ3n) is 3.79. The molecule has 0 bridgehead atoms. The van der Waals surface area contributed by atoms with Gasteiger partial charge < -0.3 is 9.64 Å². The number of ether oxygens (including phenoxy) is 1. The zero-order chi connectivity index (χ0) is 16.1. The highest BCUT2D eigenvalue weighted by Crippen LogP contribution is 2.08. The molecule has 6 heteroatoms. The van der Waals surface area contributed by atoms with Crippen molar-refractivity contribution >= 4 is 12.0 Å². The molecule has 1 aliphatic heterocycles. The van der Waals surface area contributed by atoms with E-state index in [4.69, 9.17) is 4.74 Å². The van der Waals surface area contributed by atoms with Gasteiger partial charge in [-0.25, -0.2) is 4.68 Å². The molecule has 120 valence electrons. The van der Waals surface area contributed by atoms with E-state index in [-0.39, 0.29) is 11.9 Å². The Morgan fingerprint density at radius 2 is 2.22 bits per heavy atom. The quantitative estimate of drug-likeness (QED) is 0.804. The van der Waals surface area contributed by atoms with Gasteiger partial charge in [-0.15, -0.1) is 5.10 Å². The molecule has 2 heterocycles. The van der Waals surface area contributed by atoms with Crippen molar-refractivity contribution in [2.24, 2.45) is 0 Å². The standard InChI is InChI=1S/C17H20N4O2/c1-14-13-23-10-9-21(14)17(22)8-7-16-12-20(19-18-16)11-15-5-3-2-4-6-15/h2-8,12,14H,9-11,13H2,1H3/b8-7-/t14-/m0/s1. The summed E-state index contributed by atoms with van der Waals surface area (Å²) in [6.07, 6.45) is 5.09. The number of rotatable bonds is 4. The maximum atomic E-state index is 12.2. The predicted molar refractivity (Wildman–Crippen MR) is 86.6 cm³/mol. The van der Waals surface area contributed by atoms with Gasteiger partial charge in [-0.3, -0.25) is 4.79 Å². The number of benzene rings is 1. The molecule has 1 saturated heterocycles. The zero-order valence-electron chi connectivity index (χ0n) is 13.1. The van der Waals surface area contributed by atoms with E-state index in [0.29, 0.717) is 32.0 Å². The number of hydrogen-bond donors (Lipinski definition) is 0. The average molecular weight is 312 g/mol. The molecule has 1 amide bonds. The van der Waals surface area contributed by atoms with Gasteiger partial charge in [0.2, 0.25) is 5.91 Å². The summed E-state index contributed by atoms with van der Waals surface area (Å²) in [7, 11) is 0. The van der Waals surface area contributed by atoms with Crippen molar-refractivity contribution in [1.82, 2.24) is 19.9 Å². The van der Waals surface area contributed by atoms with Gasteiger partial charge in [0.25, 0.3) is 0 Å². The Bertz CT molecular complexity index is 681. The maximum absolute atomic E-state index is 12.2. The average Bonchev–Trinajstić information content (AvgIpc) is 3.01. The zero-order valence-corrected chi connectivity index (χ0v) is 13.1. The summed E-state index contributed by atoms with van der Waals surface area (Å²) in [5.41, 5.74) is 1.83. The van der Waals surface area contributed by atoms with Crippen LogP contribution in [0, 0.1) is 0 Å². The number of carbonyl (C=O) groups excluding carboxylic acids is 1. The SMILES string of the molecule is C[C@H]1COCCN1C(=O)/C=C\c1cn(Cc2ccccc2)nn1. The Kier molecular flexibility index (Phi) is 4.83. The molecule has 1 aromatic heterocycles. The Balaban J connectivity index is 1.61. The van der Waals surface area contributed by atoms with Crippen molar-refractivity contribution < 1.29 is 9.53 Å². The van der Waals surface area contributed by atoms with Crippen LogP contribution in [-0.4, -0.2) is 51.6 Å². The van der Waals surface area contributed by atoms with Crippen molar-refractivity contribution in [2.45, 2.75) is 19.5 Å². The highest BCUT2D eigenvalue weighted by molar-refractivity contribution is 5.91. The summed E-state index contributed by atoms with van der Waals surface area (Å²) in [6.45, 7) is 4.46. The van der Waals surface area contributed by atoms with E-state index in [2.05, 4.69) is 10.3 Å². The molecule has 0 unspecified atom stereocenters. The van der Waals surface area contributed by atoms with Crippen molar-refractivity contribution in [2.75, 3.05) is 19.8 Å². The Labute approximate surface area is 135 Å². The molecule has 0 N–H and O–H groups in total. The summed E-state index contributed by atoms with van der Waals surface area (Å²) >= 11 is 0. The molecule has 2 aromatic rings. The third kappa shape index (κ3) is 4.04. The van der Waals surface area contributed by atoms with E-state index in [0.717, 1.165) is 5.56 Å². The van der Waals surface area contributed by atoms with E-state index in [1.807, 2.05) is 48.4 Å². The van der Waals surface area contributed by atoms with Crippen molar-refractivity contribution in [1.29, 1.82) is 0 Å². The normalized spacial score (nSPS) is 18.5. The smallest absolute Gasteiger partial charge is 0.247 e. The lowest BCUT2D eigenvalue weighted by atomic mass is 10.2. The van der Waals surface area contributed by atoms with Crippen LogP contribution in [0.5, 0.6) is 0 Å². The molecule has 1 aromatic carbocycles. The Morgan fingerprint density at radius 1 is 1.39 bits per heavy atom. The minimum atomic E-state index is -0.0154. The fourth-order valence-electron chi connectivity index (χ4n) is 2.54. The van der Waals surface area contributed by atoms with Gasteiger partial charge in [-0.05, 0) is 18.6 Å². The van der Waals surface area contributed by atoms with Gasteiger partial charge in [0.05, 0.1) is 32.0 Å². The van der Waals surface area contributed by atoms with Crippen LogP contribution in [0.4, 0.5) is 0 Å². The number of carbonyl (C=O) groups is 1. The van der Waals surface area contributed by atoms with Crippen LogP contribution in [0.1, 0.15) is 18.2 Å². The first-order chi connectivity index (χ1) is 11.2. The first-order valence-electron chi connectivity index (χ1n) is 7.73. The van der Waals surface area contributed by atoms with Crippen LogP contribution in [0.3, 0.4) is 0 Å². The van der Waals surface area contributed by atoms with Gasteiger partial charge in [-0.2, -0.15) is 0 Å². The molecule has 6 nitrogen and oxygen atoms in total. The summed E-state index contributed by atoms with van der Waals surface area (Å²) < 4.78 is 7.10. The molecule has 1 fully saturated rings.